The van der Waals surface area contributed by atoms with Crippen LogP contribution in [0, 0.1) is 19.8 Å². The van der Waals surface area contributed by atoms with Gasteiger partial charge in [-0.25, -0.2) is 8.42 Å². The van der Waals surface area contributed by atoms with E-state index in [1.165, 1.54) is 4.31 Å². The number of amides is 1. The first kappa shape index (κ1) is 22.3. The molecule has 2 aromatic rings. The van der Waals surface area contributed by atoms with Crippen LogP contribution in [0.25, 0.3) is 0 Å². The van der Waals surface area contributed by atoms with Crippen molar-refractivity contribution < 1.29 is 27.6 Å². The zero-order valence-corrected chi connectivity index (χ0v) is 18.1. The van der Waals surface area contributed by atoms with Crippen molar-refractivity contribution in [2.45, 2.75) is 37.7 Å². The summed E-state index contributed by atoms with van der Waals surface area (Å²) in [4.78, 5) is 12.7. The van der Waals surface area contributed by atoms with Gasteiger partial charge in [-0.3, -0.25) is 4.79 Å². The number of aryl methyl sites for hydroxylation is 2. The van der Waals surface area contributed by atoms with Gasteiger partial charge in [-0.2, -0.15) is 4.31 Å². The number of benzene rings is 1. The molecule has 0 saturated carbocycles. The molecule has 2 unspecified atom stereocenters. The van der Waals surface area contributed by atoms with E-state index in [-0.39, 0.29) is 29.7 Å². The van der Waals surface area contributed by atoms with Gasteiger partial charge >= 0.3 is 0 Å². The summed E-state index contributed by atoms with van der Waals surface area (Å²) in [6.07, 6.45) is 0.283. The van der Waals surface area contributed by atoms with Crippen LogP contribution in [0.15, 0.2) is 33.7 Å². The van der Waals surface area contributed by atoms with E-state index in [2.05, 4.69) is 10.5 Å². The number of aliphatic hydroxyl groups is 1. The fourth-order valence-electron chi connectivity index (χ4n) is 3.63. The monoisotopic (exact) mass is 437 g/mol. The number of rotatable bonds is 7. The molecule has 30 heavy (non-hydrogen) atoms. The summed E-state index contributed by atoms with van der Waals surface area (Å²) < 4.78 is 37.4. The Morgan fingerprint density at radius 1 is 1.37 bits per heavy atom. The third-order valence-electron chi connectivity index (χ3n) is 5.29. The SMILES string of the molecule is COc1ccc(C(O)CNC(=O)C2CCCN(S(=O)(=O)c3c(C)noc3C)C2)cc1. The van der Waals surface area contributed by atoms with Crippen LogP contribution in [0.1, 0.15) is 36.0 Å². The van der Waals surface area contributed by atoms with E-state index in [1.807, 2.05) is 0 Å². The number of sulfonamides is 1. The normalized spacial score (nSPS) is 18.7. The van der Waals surface area contributed by atoms with Crippen LogP contribution in [-0.4, -0.2) is 55.6 Å². The Bertz CT molecular complexity index is 967. The van der Waals surface area contributed by atoms with Crippen molar-refractivity contribution in [3.05, 3.63) is 41.3 Å². The van der Waals surface area contributed by atoms with E-state index in [4.69, 9.17) is 9.26 Å². The number of hydrogen-bond donors (Lipinski definition) is 2. The average molecular weight is 438 g/mol. The molecule has 1 aromatic carbocycles. The van der Waals surface area contributed by atoms with Crippen molar-refractivity contribution in [2.24, 2.45) is 5.92 Å². The quantitative estimate of drug-likeness (QED) is 0.674. The summed E-state index contributed by atoms with van der Waals surface area (Å²) in [7, 11) is -2.23. The van der Waals surface area contributed by atoms with E-state index in [1.54, 1.807) is 45.2 Å². The Balaban J connectivity index is 1.61. The Morgan fingerprint density at radius 3 is 2.67 bits per heavy atom. The number of nitrogens with zero attached hydrogens (tertiary/aromatic N) is 2. The second kappa shape index (κ2) is 9.15. The minimum absolute atomic E-state index is 0.0400. The molecule has 3 rings (SSSR count). The van der Waals surface area contributed by atoms with E-state index >= 15 is 0 Å². The average Bonchev–Trinajstić information content (AvgIpc) is 3.10. The molecule has 1 aliphatic rings. The van der Waals surface area contributed by atoms with Gasteiger partial charge in [0.15, 0.2) is 5.76 Å². The number of ether oxygens (including phenoxy) is 1. The Kier molecular flexibility index (Phi) is 6.79. The minimum atomic E-state index is -3.79. The summed E-state index contributed by atoms with van der Waals surface area (Å²) in [5, 5.41) is 16.8. The Labute approximate surface area is 176 Å². The largest absolute Gasteiger partial charge is 0.497 e. The molecule has 1 aromatic heterocycles. The summed E-state index contributed by atoms with van der Waals surface area (Å²) in [5.74, 6) is 0.150. The molecule has 1 aliphatic heterocycles. The summed E-state index contributed by atoms with van der Waals surface area (Å²) in [5.41, 5.74) is 0.962. The van der Waals surface area contributed by atoms with E-state index in [0.29, 0.717) is 36.4 Å². The number of piperidine rings is 1. The van der Waals surface area contributed by atoms with Crippen molar-refractivity contribution >= 4 is 15.9 Å². The molecule has 2 N–H and O–H groups in total. The predicted molar refractivity (Wildman–Crippen MR) is 108 cm³/mol. The maximum absolute atomic E-state index is 13.0. The van der Waals surface area contributed by atoms with E-state index in [9.17, 15) is 18.3 Å². The second-order valence-electron chi connectivity index (χ2n) is 7.39. The molecule has 164 valence electrons. The highest BCUT2D eigenvalue weighted by molar-refractivity contribution is 7.89. The van der Waals surface area contributed by atoms with Crippen molar-refractivity contribution in [3.63, 3.8) is 0 Å². The first-order chi connectivity index (χ1) is 14.2. The van der Waals surface area contributed by atoms with E-state index < -0.39 is 22.0 Å². The van der Waals surface area contributed by atoms with Gasteiger partial charge in [-0.1, -0.05) is 17.3 Å². The Hall–Kier alpha value is -2.43. The molecule has 1 fully saturated rings. The van der Waals surface area contributed by atoms with Crippen molar-refractivity contribution in [3.8, 4) is 5.75 Å². The lowest BCUT2D eigenvalue weighted by molar-refractivity contribution is -0.126. The van der Waals surface area contributed by atoms with Crippen molar-refractivity contribution in [1.82, 2.24) is 14.8 Å². The molecular weight excluding hydrogens is 410 g/mol. The molecule has 0 aliphatic carbocycles. The number of carbonyl (C=O) groups excluding carboxylic acids is 1. The molecule has 2 heterocycles. The maximum atomic E-state index is 13.0. The van der Waals surface area contributed by atoms with Crippen LogP contribution < -0.4 is 10.1 Å². The highest BCUT2D eigenvalue weighted by Crippen LogP contribution is 2.28. The molecule has 1 saturated heterocycles. The lowest BCUT2D eigenvalue weighted by Gasteiger charge is -2.31. The van der Waals surface area contributed by atoms with Crippen molar-refractivity contribution in [2.75, 3.05) is 26.7 Å². The topological polar surface area (TPSA) is 122 Å². The number of nitrogens with one attached hydrogen (secondary N) is 1. The second-order valence-corrected chi connectivity index (χ2v) is 9.26. The highest BCUT2D eigenvalue weighted by atomic mass is 32.2. The lowest BCUT2D eigenvalue weighted by Crippen LogP contribution is -2.46. The summed E-state index contributed by atoms with van der Waals surface area (Å²) >= 11 is 0. The molecule has 10 heteroatoms. The van der Waals surface area contributed by atoms with Gasteiger partial charge in [-0.05, 0) is 44.4 Å². The third-order valence-corrected chi connectivity index (χ3v) is 7.40. The molecule has 9 nitrogen and oxygen atoms in total. The molecular formula is C20H27N3O6S. The van der Waals surface area contributed by atoms with Gasteiger partial charge in [0.1, 0.15) is 16.3 Å². The van der Waals surface area contributed by atoms with Crippen LogP contribution in [0.4, 0.5) is 0 Å². The Morgan fingerprint density at radius 2 is 2.07 bits per heavy atom. The molecule has 1 amide bonds. The molecule has 0 radical (unpaired) electrons. The van der Waals surface area contributed by atoms with Gasteiger partial charge < -0.3 is 19.7 Å². The zero-order valence-electron chi connectivity index (χ0n) is 17.3. The molecule has 2 atom stereocenters. The fraction of sp³-hybridized carbons (Fsp3) is 0.500. The number of carbonyl (C=O) groups is 1. The van der Waals surface area contributed by atoms with Crippen LogP contribution in [0.2, 0.25) is 0 Å². The zero-order chi connectivity index (χ0) is 21.9. The van der Waals surface area contributed by atoms with Gasteiger partial charge in [0.25, 0.3) is 0 Å². The number of aliphatic hydroxyl groups excluding tert-OH is 1. The standard InChI is InChI=1S/C20H27N3O6S/c1-13-19(14(2)29-22-13)30(26,27)23-10-4-5-16(12-23)20(25)21-11-18(24)15-6-8-17(28-3)9-7-15/h6-9,16,18,24H,4-5,10-12H2,1-3H3,(H,21,25). The molecule has 0 spiro atoms. The number of methoxy groups -OCH3 is 1. The highest BCUT2D eigenvalue weighted by Gasteiger charge is 2.36. The fourth-order valence-corrected chi connectivity index (χ4v) is 5.45. The lowest BCUT2D eigenvalue weighted by atomic mass is 9.98. The first-order valence-electron chi connectivity index (χ1n) is 9.76. The molecule has 0 bridgehead atoms. The van der Waals surface area contributed by atoms with Gasteiger partial charge in [0.2, 0.25) is 15.9 Å². The van der Waals surface area contributed by atoms with Gasteiger partial charge in [-0.15, -0.1) is 0 Å². The van der Waals surface area contributed by atoms with Gasteiger partial charge in [0, 0.05) is 19.6 Å². The third kappa shape index (κ3) is 4.66. The van der Waals surface area contributed by atoms with Gasteiger partial charge in [0.05, 0.1) is 19.1 Å². The maximum Gasteiger partial charge on any atom is 0.248 e. The first-order valence-corrected chi connectivity index (χ1v) is 11.2. The van der Waals surface area contributed by atoms with Crippen LogP contribution >= 0.6 is 0 Å². The minimum Gasteiger partial charge on any atom is -0.497 e. The van der Waals surface area contributed by atoms with Crippen LogP contribution in [-0.2, 0) is 14.8 Å². The van der Waals surface area contributed by atoms with E-state index in [0.717, 1.165) is 0 Å². The summed E-state index contributed by atoms with van der Waals surface area (Å²) in [6, 6.07) is 6.93. The van der Waals surface area contributed by atoms with Crippen LogP contribution in [0.3, 0.4) is 0 Å². The predicted octanol–water partition coefficient (Wildman–Crippen LogP) is 1.55. The van der Waals surface area contributed by atoms with Crippen LogP contribution in [0.5, 0.6) is 5.75 Å². The smallest absolute Gasteiger partial charge is 0.248 e. The summed E-state index contributed by atoms with van der Waals surface area (Å²) in [6.45, 7) is 3.60. The van der Waals surface area contributed by atoms with Crippen molar-refractivity contribution in [1.29, 1.82) is 0 Å². The number of aromatic nitrogens is 1. The number of hydrogen-bond acceptors (Lipinski definition) is 7.